The smallest absolute Gasteiger partial charge is 0.161 e. The van der Waals surface area contributed by atoms with Gasteiger partial charge in [-0.1, -0.05) is 63.2 Å². The van der Waals surface area contributed by atoms with E-state index in [0.717, 1.165) is 6.54 Å². The van der Waals surface area contributed by atoms with Crippen LogP contribution in [-0.4, -0.2) is 11.5 Å². The van der Waals surface area contributed by atoms with Crippen molar-refractivity contribution in [3.63, 3.8) is 0 Å². The van der Waals surface area contributed by atoms with Crippen LogP contribution in [0.15, 0.2) is 6.07 Å². The fourth-order valence-electron chi connectivity index (χ4n) is 1.96. The molecule has 0 spiro atoms. The third-order valence-electron chi connectivity index (χ3n) is 3.26. The molecule has 1 heterocycles. The second-order valence-corrected chi connectivity index (χ2v) is 6.58. The number of hydrogen-bond donors (Lipinski definition) is 3. The SMILES string of the molecule is CCCCCC(C)(C)CNc1nc(NN)c(Cl)cc1Cl. The molecule has 1 aromatic heterocycles. The summed E-state index contributed by atoms with van der Waals surface area (Å²) in [6, 6.07) is 1.64. The predicted molar refractivity (Wildman–Crippen MR) is 88.5 cm³/mol. The molecule has 0 atom stereocenters. The number of nitrogens with one attached hydrogen (secondary N) is 2. The van der Waals surface area contributed by atoms with E-state index in [1.807, 2.05) is 0 Å². The van der Waals surface area contributed by atoms with Crippen LogP contribution in [0.5, 0.6) is 0 Å². The molecule has 0 radical (unpaired) electrons. The number of nitrogens with two attached hydrogens (primary N) is 1. The fraction of sp³-hybridized carbons (Fsp3) is 0.643. The number of hydrazine groups is 1. The highest BCUT2D eigenvalue weighted by molar-refractivity contribution is 6.37. The lowest BCUT2D eigenvalue weighted by molar-refractivity contribution is 0.342. The number of unbranched alkanes of at least 4 members (excludes halogenated alkanes) is 2. The third-order valence-corrected chi connectivity index (χ3v) is 3.83. The maximum absolute atomic E-state index is 6.14. The van der Waals surface area contributed by atoms with E-state index in [-0.39, 0.29) is 5.41 Å². The predicted octanol–water partition coefficient (Wildman–Crippen LogP) is 4.69. The zero-order valence-corrected chi connectivity index (χ0v) is 13.9. The zero-order valence-electron chi connectivity index (χ0n) is 12.4. The molecular weight excluding hydrogens is 295 g/mol. The number of nitrogens with zero attached hydrogens (tertiary/aromatic N) is 1. The first kappa shape index (κ1) is 17.3. The van der Waals surface area contributed by atoms with Crippen LogP contribution < -0.4 is 16.6 Å². The lowest BCUT2D eigenvalue weighted by atomic mass is 9.87. The van der Waals surface area contributed by atoms with Crippen LogP contribution in [0.3, 0.4) is 0 Å². The molecule has 0 amide bonds. The summed E-state index contributed by atoms with van der Waals surface area (Å²) in [5.41, 5.74) is 2.65. The molecule has 0 aliphatic rings. The summed E-state index contributed by atoms with van der Waals surface area (Å²) >= 11 is 12.1. The summed E-state index contributed by atoms with van der Waals surface area (Å²) in [6.45, 7) is 7.49. The molecule has 20 heavy (non-hydrogen) atoms. The summed E-state index contributed by atoms with van der Waals surface area (Å²) in [5, 5.41) is 4.19. The van der Waals surface area contributed by atoms with Gasteiger partial charge in [0.25, 0.3) is 0 Å². The Hall–Kier alpha value is -0.710. The van der Waals surface area contributed by atoms with Crippen LogP contribution in [0, 0.1) is 5.41 Å². The van der Waals surface area contributed by atoms with Gasteiger partial charge in [0, 0.05) is 6.54 Å². The molecule has 0 unspecified atom stereocenters. The van der Waals surface area contributed by atoms with Gasteiger partial charge in [-0.25, -0.2) is 10.8 Å². The van der Waals surface area contributed by atoms with Gasteiger partial charge in [0.1, 0.15) is 5.82 Å². The Labute approximate surface area is 131 Å². The quantitative estimate of drug-likeness (QED) is 0.369. The van der Waals surface area contributed by atoms with Gasteiger partial charge in [0.2, 0.25) is 0 Å². The van der Waals surface area contributed by atoms with Crippen LogP contribution in [0.25, 0.3) is 0 Å². The largest absolute Gasteiger partial charge is 0.368 e. The molecule has 0 saturated heterocycles. The van der Waals surface area contributed by atoms with Crippen LogP contribution >= 0.6 is 23.2 Å². The summed E-state index contributed by atoms with van der Waals surface area (Å²) in [4.78, 5) is 4.28. The minimum absolute atomic E-state index is 0.191. The average molecular weight is 319 g/mol. The van der Waals surface area contributed by atoms with Gasteiger partial charge < -0.3 is 10.7 Å². The summed E-state index contributed by atoms with van der Waals surface area (Å²) in [6.07, 6.45) is 4.91. The third kappa shape index (κ3) is 5.35. The Morgan fingerprint density at radius 3 is 2.45 bits per heavy atom. The number of anilines is 2. The molecule has 0 saturated carbocycles. The van der Waals surface area contributed by atoms with Crippen LogP contribution in [0.4, 0.5) is 11.6 Å². The Morgan fingerprint density at radius 2 is 1.85 bits per heavy atom. The topological polar surface area (TPSA) is 63.0 Å². The highest BCUT2D eigenvalue weighted by atomic mass is 35.5. The number of rotatable bonds is 8. The van der Waals surface area contributed by atoms with Crippen molar-refractivity contribution in [2.45, 2.75) is 46.5 Å². The van der Waals surface area contributed by atoms with E-state index in [9.17, 15) is 0 Å². The molecule has 0 aromatic carbocycles. The van der Waals surface area contributed by atoms with E-state index >= 15 is 0 Å². The van der Waals surface area contributed by atoms with Gasteiger partial charge in [-0.2, -0.15) is 0 Å². The number of pyridine rings is 1. The number of halogens is 2. The van der Waals surface area contributed by atoms with Gasteiger partial charge in [0.15, 0.2) is 5.82 Å². The number of hydrogen-bond acceptors (Lipinski definition) is 4. The molecule has 1 rings (SSSR count). The first-order chi connectivity index (χ1) is 9.39. The van der Waals surface area contributed by atoms with Crippen molar-refractivity contribution in [2.75, 3.05) is 17.3 Å². The van der Waals surface area contributed by atoms with E-state index in [1.54, 1.807) is 6.07 Å². The monoisotopic (exact) mass is 318 g/mol. The van der Waals surface area contributed by atoms with Crippen LogP contribution in [-0.2, 0) is 0 Å². The Bertz CT molecular complexity index is 435. The normalized spacial score (nSPS) is 11.5. The van der Waals surface area contributed by atoms with Crippen molar-refractivity contribution in [1.29, 1.82) is 0 Å². The molecule has 0 bridgehead atoms. The van der Waals surface area contributed by atoms with Gasteiger partial charge in [0.05, 0.1) is 10.0 Å². The van der Waals surface area contributed by atoms with Gasteiger partial charge in [-0.3, -0.25) is 0 Å². The van der Waals surface area contributed by atoms with Crippen molar-refractivity contribution < 1.29 is 0 Å². The van der Waals surface area contributed by atoms with Crippen LogP contribution in [0.1, 0.15) is 46.5 Å². The number of aromatic nitrogens is 1. The molecule has 6 heteroatoms. The highest BCUT2D eigenvalue weighted by Crippen LogP contribution is 2.30. The lowest BCUT2D eigenvalue weighted by Crippen LogP contribution is -2.24. The molecular formula is C14H24Cl2N4. The van der Waals surface area contributed by atoms with Gasteiger partial charge in [-0.05, 0) is 17.9 Å². The minimum Gasteiger partial charge on any atom is -0.368 e. The van der Waals surface area contributed by atoms with Crippen molar-refractivity contribution in [3.05, 3.63) is 16.1 Å². The van der Waals surface area contributed by atoms with Crippen molar-refractivity contribution >= 4 is 34.8 Å². The van der Waals surface area contributed by atoms with Crippen molar-refractivity contribution in [1.82, 2.24) is 4.98 Å². The summed E-state index contributed by atoms with van der Waals surface area (Å²) in [7, 11) is 0. The second kappa shape index (κ2) is 7.91. The van der Waals surface area contributed by atoms with Gasteiger partial charge >= 0.3 is 0 Å². The maximum atomic E-state index is 6.14. The van der Waals surface area contributed by atoms with Gasteiger partial charge in [-0.15, -0.1) is 0 Å². The van der Waals surface area contributed by atoms with E-state index < -0.39 is 0 Å². The van der Waals surface area contributed by atoms with E-state index in [4.69, 9.17) is 29.0 Å². The second-order valence-electron chi connectivity index (χ2n) is 5.77. The minimum atomic E-state index is 0.191. The molecule has 1 aromatic rings. The molecule has 0 fully saturated rings. The molecule has 4 nitrogen and oxygen atoms in total. The first-order valence-electron chi connectivity index (χ1n) is 6.96. The number of nitrogen functional groups attached to an aromatic ring is 1. The van der Waals surface area contributed by atoms with Crippen LogP contribution in [0.2, 0.25) is 10.0 Å². The molecule has 4 N–H and O–H groups in total. The van der Waals surface area contributed by atoms with E-state index in [0.29, 0.717) is 21.7 Å². The Morgan fingerprint density at radius 1 is 1.20 bits per heavy atom. The fourth-order valence-corrected chi connectivity index (χ4v) is 2.44. The molecule has 0 aliphatic carbocycles. The zero-order chi connectivity index (χ0) is 15.2. The maximum Gasteiger partial charge on any atom is 0.161 e. The van der Waals surface area contributed by atoms with E-state index in [2.05, 4.69) is 36.5 Å². The standard InChI is InChI=1S/C14H24Cl2N4/c1-4-5-6-7-14(2,3)9-18-12-10(15)8-11(16)13(19-12)20-17/h8H,4-7,9,17H2,1-3H3,(H2,18,19,20). The summed E-state index contributed by atoms with van der Waals surface area (Å²) < 4.78 is 0. The van der Waals surface area contributed by atoms with Crippen molar-refractivity contribution in [3.8, 4) is 0 Å². The Balaban J connectivity index is 2.64. The van der Waals surface area contributed by atoms with Crippen molar-refractivity contribution in [2.24, 2.45) is 11.3 Å². The van der Waals surface area contributed by atoms with E-state index in [1.165, 1.54) is 25.7 Å². The molecule has 114 valence electrons. The highest BCUT2D eigenvalue weighted by Gasteiger charge is 2.18. The molecule has 0 aliphatic heterocycles. The Kier molecular flexibility index (Phi) is 6.86. The first-order valence-corrected chi connectivity index (χ1v) is 7.71. The average Bonchev–Trinajstić information content (AvgIpc) is 2.38. The lowest BCUT2D eigenvalue weighted by Gasteiger charge is -2.25. The summed E-state index contributed by atoms with van der Waals surface area (Å²) in [5.74, 6) is 6.39.